The zero-order valence-electron chi connectivity index (χ0n) is 12.0. The van der Waals surface area contributed by atoms with Gasteiger partial charge in [0.2, 0.25) is 0 Å². The van der Waals surface area contributed by atoms with E-state index in [1.165, 1.54) is 48.3 Å². The van der Waals surface area contributed by atoms with Crippen LogP contribution in [0.25, 0.3) is 10.9 Å². The molecule has 0 saturated heterocycles. The zero-order chi connectivity index (χ0) is 16.6. The number of rotatable bonds is 3. The summed E-state index contributed by atoms with van der Waals surface area (Å²) in [6.45, 7) is 0.118. The van der Waals surface area contributed by atoms with E-state index >= 15 is 0 Å². The highest BCUT2D eigenvalue weighted by molar-refractivity contribution is 6.38. The Balaban J connectivity index is 2.13. The average molecular weight is 353 g/mol. The van der Waals surface area contributed by atoms with Crippen LogP contribution in [0.15, 0.2) is 41.5 Å². The van der Waals surface area contributed by atoms with Gasteiger partial charge >= 0.3 is 0 Å². The molecule has 0 N–H and O–H groups in total. The Bertz CT molecular complexity index is 957. The molecule has 23 heavy (non-hydrogen) atoms. The van der Waals surface area contributed by atoms with E-state index in [2.05, 4.69) is 4.98 Å². The molecule has 0 aliphatic carbocycles. The third-order valence-electron chi connectivity index (χ3n) is 3.43. The van der Waals surface area contributed by atoms with Gasteiger partial charge in [-0.15, -0.1) is 0 Å². The van der Waals surface area contributed by atoms with E-state index < -0.39 is 5.82 Å². The fourth-order valence-corrected chi connectivity index (χ4v) is 2.90. The number of hydrogen-bond donors (Lipinski definition) is 0. The molecular formula is C16H11Cl2FN2O2. The van der Waals surface area contributed by atoms with Crippen LogP contribution in [-0.2, 0) is 6.54 Å². The molecule has 118 valence electrons. The molecule has 1 heterocycles. The van der Waals surface area contributed by atoms with E-state index in [1.54, 1.807) is 0 Å². The van der Waals surface area contributed by atoms with Crippen LogP contribution in [0.3, 0.4) is 0 Å². The molecule has 0 bridgehead atoms. The molecule has 2 aromatic carbocycles. The first kappa shape index (κ1) is 15.8. The molecule has 0 saturated carbocycles. The van der Waals surface area contributed by atoms with Crippen molar-refractivity contribution >= 4 is 34.1 Å². The van der Waals surface area contributed by atoms with Crippen LogP contribution in [0.5, 0.6) is 5.75 Å². The van der Waals surface area contributed by atoms with Crippen molar-refractivity contribution in [3.8, 4) is 5.75 Å². The lowest BCUT2D eigenvalue weighted by Crippen LogP contribution is -2.21. The fraction of sp³-hybridized carbons (Fsp3) is 0.125. The Kier molecular flexibility index (Phi) is 4.24. The van der Waals surface area contributed by atoms with Crippen molar-refractivity contribution in [3.05, 3.63) is 68.4 Å². The molecule has 0 atom stereocenters. The van der Waals surface area contributed by atoms with Crippen LogP contribution in [-0.4, -0.2) is 16.7 Å². The minimum Gasteiger partial charge on any atom is -0.496 e. The molecule has 0 radical (unpaired) electrons. The molecule has 3 aromatic rings. The number of hydrogen-bond acceptors (Lipinski definition) is 3. The summed E-state index contributed by atoms with van der Waals surface area (Å²) in [6.07, 6.45) is 1.37. The second kappa shape index (κ2) is 6.18. The second-order valence-corrected chi connectivity index (χ2v) is 5.76. The minimum atomic E-state index is -0.409. The summed E-state index contributed by atoms with van der Waals surface area (Å²) in [5, 5.41) is 0.961. The van der Waals surface area contributed by atoms with E-state index in [-0.39, 0.29) is 12.1 Å². The molecule has 4 nitrogen and oxygen atoms in total. The molecule has 0 spiro atoms. The van der Waals surface area contributed by atoms with Crippen molar-refractivity contribution in [3.63, 3.8) is 0 Å². The van der Waals surface area contributed by atoms with Crippen molar-refractivity contribution in [2.45, 2.75) is 6.54 Å². The van der Waals surface area contributed by atoms with Gasteiger partial charge in [-0.2, -0.15) is 0 Å². The molecule has 1 aromatic heterocycles. The zero-order valence-corrected chi connectivity index (χ0v) is 13.5. The Hall–Kier alpha value is -2.11. The van der Waals surface area contributed by atoms with Gasteiger partial charge in [0.1, 0.15) is 11.6 Å². The summed E-state index contributed by atoms with van der Waals surface area (Å²) in [5.74, 6) is 0.0798. The third kappa shape index (κ3) is 3.02. The van der Waals surface area contributed by atoms with Gasteiger partial charge in [-0.1, -0.05) is 23.2 Å². The van der Waals surface area contributed by atoms with E-state index in [4.69, 9.17) is 27.9 Å². The van der Waals surface area contributed by atoms with Gasteiger partial charge in [-0.3, -0.25) is 9.36 Å². The number of nitrogens with zero attached hydrogens (tertiary/aromatic N) is 2. The van der Waals surface area contributed by atoms with Crippen LogP contribution in [0.4, 0.5) is 4.39 Å². The van der Waals surface area contributed by atoms with E-state index in [1.807, 2.05) is 0 Å². The summed E-state index contributed by atoms with van der Waals surface area (Å²) in [4.78, 5) is 16.8. The van der Waals surface area contributed by atoms with E-state index in [9.17, 15) is 9.18 Å². The Morgan fingerprint density at radius 3 is 2.78 bits per heavy atom. The number of ether oxygens (including phenoxy) is 1. The quantitative estimate of drug-likeness (QED) is 0.717. The standard InChI is InChI=1S/C16H11Cl2FN2O2/c1-23-14-3-2-11(19)4-9(14)7-21-8-20-15-12(16(21)22)5-10(17)6-13(15)18/h2-6,8H,7H2,1H3. The van der Waals surface area contributed by atoms with Crippen LogP contribution >= 0.6 is 23.2 Å². The average Bonchev–Trinajstić information content (AvgIpc) is 2.51. The molecule has 7 heteroatoms. The lowest BCUT2D eigenvalue weighted by molar-refractivity contribution is 0.406. The maximum Gasteiger partial charge on any atom is 0.261 e. The Morgan fingerprint density at radius 2 is 2.04 bits per heavy atom. The first-order chi connectivity index (χ1) is 11.0. The van der Waals surface area contributed by atoms with Crippen molar-refractivity contribution in [1.82, 2.24) is 9.55 Å². The fourth-order valence-electron chi connectivity index (χ4n) is 2.36. The van der Waals surface area contributed by atoms with Gasteiger partial charge in [0, 0.05) is 10.6 Å². The highest BCUT2D eigenvalue weighted by atomic mass is 35.5. The van der Waals surface area contributed by atoms with Crippen molar-refractivity contribution in [1.29, 1.82) is 0 Å². The minimum absolute atomic E-state index is 0.118. The number of fused-ring (bicyclic) bond motifs is 1. The molecule has 3 rings (SSSR count). The molecule has 0 aliphatic rings. The van der Waals surface area contributed by atoms with Crippen LogP contribution in [0.1, 0.15) is 5.56 Å². The summed E-state index contributed by atoms with van der Waals surface area (Å²) in [5.41, 5.74) is 0.595. The maximum absolute atomic E-state index is 13.5. The van der Waals surface area contributed by atoms with Crippen molar-refractivity contribution in [2.75, 3.05) is 7.11 Å². The smallest absolute Gasteiger partial charge is 0.261 e. The SMILES string of the molecule is COc1ccc(F)cc1Cn1cnc2c(Cl)cc(Cl)cc2c1=O. The lowest BCUT2D eigenvalue weighted by Gasteiger charge is -2.11. The number of aromatic nitrogens is 2. The van der Waals surface area contributed by atoms with Gasteiger partial charge in [-0.05, 0) is 30.3 Å². The van der Waals surface area contributed by atoms with Gasteiger partial charge in [-0.25, -0.2) is 9.37 Å². The predicted octanol–water partition coefficient (Wildman–Crippen LogP) is 3.90. The summed E-state index contributed by atoms with van der Waals surface area (Å²) in [6, 6.07) is 7.16. The van der Waals surface area contributed by atoms with Gasteiger partial charge in [0.05, 0.1) is 35.9 Å². The predicted molar refractivity (Wildman–Crippen MR) is 88.1 cm³/mol. The molecule has 0 aliphatic heterocycles. The van der Waals surface area contributed by atoms with Gasteiger partial charge in [0.25, 0.3) is 5.56 Å². The first-order valence-electron chi connectivity index (χ1n) is 6.66. The van der Waals surface area contributed by atoms with Crippen LogP contribution < -0.4 is 10.3 Å². The van der Waals surface area contributed by atoms with Gasteiger partial charge < -0.3 is 4.74 Å². The van der Waals surface area contributed by atoms with Crippen LogP contribution in [0.2, 0.25) is 10.0 Å². The van der Waals surface area contributed by atoms with E-state index in [0.29, 0.717) is 32.3 Å². The van der Waals surface area contributed by atoms with E-state index in [0.717, 1.165) is 0 Å². The van der Waals surface area contributed by atoms with Crippen molar-refractivity contribution in [2.24, 2.45) is 0 Å². The van der Waals surface area contributed by atoms with Gasteiger partial charge in [0.15, 0.2) is 0 Å². The number of methoxy groups -OCH3 is 1. The Labute approximate surface area is 141 Å². The number of halogens is 3. The normalized spacial score (nSPS) is 11.0. The Morgan fingerprint density at radius 1 is 1.26 bits per heavy atom. The first-order valence-corrected chi connectivity index (χ1v) is 7.42. The highest BCUT2D eigenvalue weighted by Crippen LogP contribution is 2.24. The molecule has 0 fully saturated rings. The third-order valence-corrected chi connectivity index (χ3v) is 3.94. The molecular weight excluding hydrogens is 342 g/mol. The topological polar surface area (TPSA) is 44.1 Å². The number of benzene rings is 2. The van der Waals surface area contributed by atoms with Crippen molar-refractivity contribution < 1.29 is 9.13 Å². The molecule has 0 unspecified atom stereocenters. The van der Waals surface area contributed by atoms with Crippen LogP contribution in [0, 0.1) is 5.82 Å². The summed E-state index contributed by atoms with van der Waals surface area (Å²) < 4.78 is 20.0. The second-order valence-electron chi connectivity index (χ2n) is 4.92. The highest BCUT2D eigenvalue weighted by Gasteiger charge is 2.11. The molecule has 0 amide bonds. The lowest BCUT2D eigenvalue weighted by atomic mass is 10.2. The monoisotopic (exact) mass is 352 g/mol. The summed E-state index contributed by atoms with van der Waals surface area (Å²) in [7, 11) is 1.48. The summed E-state index contributed by atoms with van der Waals surface area (Å²) >= 11 is 12.0. The maximum atomic E-state index is 13.5. The largest absolute Gasteiger partial charge is 0.496 e.